The molecule has 0 aromatic heterocycles. The van der Waals surface area contributed by atoms with Crippen molar-refractivity contribution in [3.63, 3.8) is 0 Å². The standard InChI is InChI=1S/C7H11NO3/c1-3-11-7(10)4-6(2)8-5-9/h6H,3-4H2,1-2H3. The monoisotopic (exact) mass is 157 g/mol. The third-order valence-corrected chi connectivity index (χ3v) is 1.04. The maximum atomic E-state index is 10.7. The van der Waals surface area contributed by atoms with E-state index in [1.165, 1.54) is 6.08 Å². The number of hydrogen-bond donors (Lipinski definition) is 0. The molecule has 4 nitrogen and oxygen atoms in total. The van der Waals surface area contributed by atoms with Crippen LogP contribution in [0.1, 0.15) is 20.3 Å². The highest BCUT2D eigenvalue weighted by Crippen LogP contribution is 1.97. The third kappa shape index (κ3) is 5.30. The van der Waals surface area contributed by atoms with Crippen LogP contribution in [0.2, 0.25) is 0 Å². The van der Waals surface area contributed by atoms with Crippen molar-refractivity contribution in [2.24, 2.45) is 4.99 Å². The van der Waals surface area contributed by atoms with Gasteiger partial charge in [-0.1, -0.05) is 0 Å². The summed E-state index contributed by atoms with van der Waals surface area (Å²) in [7, 11) is 0. The van der Waals surface area contributed by atoms with E-state index in [9.17, 15) is 9.59 Å². The Kier molecular flexibility index (Phi) is 5.03. The summed E-state index contributed by atoms with van der Waals surface area (Å²) in [5.74, 6) is -0.334. The molecule has 1 unspecified atom stereocenters. The van der Waals surface area contributed by atoms with Crippen molar-refractivity contribution in [1.29, 1.82) is 0 Å². The van der Waals surface area contributed by atoms with E-state index < -0.39 is 0 Å². The van der Waals surface area contributed by atoms with Crippen molar-refractivity contribution in [1.82, 2.24) is 0 Å². The fraction of sp³-hybridized carbons (Fsp3) is 0.714. The van der Waals surface area contributed by atoms with E-state index in [1.807, 2.05) is 0 Å². The van der Waals surface area contributed by atoms with Crippen LogP contribution in [0.5, 0.6) is 0 Å². The second-order valence-corrected chi connectivity index (χ2v) is 2.08. The number of hydrogen-bond acceptors (Lipinski definition) is 4. The summed E-state index contributed by atoms with van der Waals surface area (Å²) in [5, 5.41) is 0. The summed E-state index contributed by atoms with van der Waals surface area (Å²) < 4.78 is 4.63. The molecule has 0 aliphatic heterocycles. The van der Waals surface area contributed by atoms with Gasteiger partial charge in [-0.25, -0.2) is 9.79 Å². The molecular formula is C7H11NO3. The molecule has 0 heterocycles. The van der Waals surface area contributed by atoms with Gasteiger partial charge in [0.1, 0.15) is 0 Å². The highest BCUT2D eigenvalue weighted by atomic mass is 16.5. The normalized spacial score (nSPS) is 11.5. The molecule has 11 heavy (non-hydrogen) atoms. The van der Waals surface area contributed by atoms with E-state index in [2.05, 4.69) is 9.73 Å². The number of rotatable bonds is 4. The van der Waals surface area contributed by atoms with E-state index in [-0.39, 0.29) is 18.4 Å². The van der Waals surface area contributed by atoms with Crippen molar-refractivity contribution in [2.75, 3.05) is 6.61 Å². The number of isocyanates is 1. The summed E-state index contributed by atoms with van der Waals surface area (Å²) in [6.45, 7) is 3.74. The average Bonchev–Trinajstić information content (AvgIpc) is 1.87. The average molecular weight is 157 g/mol. The third-order valence-electron chi connectivity index (χ3n) is 1.04. The zero-order valence-corrected chi connectivity index (χ0v) is 6.66. The number of esters is 1. The Hall–Kier alpha value is -1.15. The Morgan fingerprint density at radius 3 is 2.82 bits per heavy atom. The number of nitrogens with zero attached hydrogens (tertiary/aromatic N) is 1. The van der Waals surface area contributed by atoms with Gasteiger partial charge >= 0.3 is 5.97 Å². The van der Waals surface area contributed by atoms with Crippen molar-refractivity contribution in [3.8, 4) is 0 Å². The first-order chi connectivity index (χ1) is 5.20. The Morgan fingerprint density at radius 1 is 1.73 bits per heavy atom. The first-order valence-electron chi connectivity index (χ1n) is 3.43. The second-order valence-electron chi connectivity index (χ2n) is 2.08. The fourth-order valence-electron chi connectivity index (χ4n) is 0.597. The van der Waals surface area contributed by atoms with E-state index in [0.717, 1.165) is 0 Å². The molecule has 0 radical (unpaired) electrons. The molecule has 0 N–H and O–H groups in total. The SMILES string of the molecule is CCOC(=O)CC(C)N=C=O. The Morgan fingerprint density at radius 2 is 2.36 bits per heavy atom. The van der Waals surface area contributed by atoms with Gasteiger partial charge in [0.2, 0.25) is 6.08 Å². The van der Waals surface area contributed by atoms with Crippen LogP contribution in [-0.2, 0) is 14.3 Å². The second kappa shape index (κ2) is 5.62. The molecule has 0 bridgehead atoms. The minimum Gasteiger partial charge on any atom is -0.466 e. The summed E-state index contributed by atoms with van der Waals surface area (Å²) in [4.78, 5) is 23.8. The van der Waals surface area contributed by atoms with E-state index in [4.69, 9.17) is 0 Å². The van der Waals surface area contributed by atoms with Crippen LogP contribution in [0.4, 0.5) is 0 Å². The molecule has 0 saturated heterocycles. The summed E-state index contributed by atoms with van der Waals surface area (Å²) in [6.07, 6.45) is 1.52. The molecule has 0 aliphatic rings. The number of ether oxygens (including phenoxy) is 1. The Balaban J connectivity index is 3.65. The van der Waals surface area contributed by atoms with E-state index in [1.54, 1.807) is 13.8 Å². The van der Waals surface area contributed by atoms with Gasteiger partial charge in [-0.2, -0.15) is 0 Å². The number of carbonyl (C=O) groups is 1. The molecule has 0 spiro atoms. The lowest BCUT2D eigenvalue weighted by molar-refractivity contribution is -0.143. The zero-order chi connectivity index (χ0) is 8.69. The predicted molar refractivity (Wildman–Crippen MR) is 38.8 cm³/mol. The molecule has 1 atom stereocenters. The van der Waals surface area contributed by atoms with Gasteiger partial charge in [0.15, 0.2) is 0 Å². The van der Waals surface area contributed by atoms with Gasteiger partial charge in [0, 0.05) is 0 Å². The highest BCUT2D eigenvalue weighted by molar-refractivity contribution is 5.70. The van der Waals surface area contributed by atoms with Gasteiger partial charge in [-0.05, 0) is 13.8 Å². The van der Waals surface area contributed by atoms with Gasteiger partial charge in [0.25, 0.3) is 0 Å². The summed E-state index contributed by atoms with van der Waals surface area (Å²) in [6, 6.07) is -0.327. The van der Waals surface area contributed by atoms with Crippen molar-refractivity contribution >= 4 is 12.0 Å². The molecule has 0 amide bonds. The first kappa shape index (κ1) is 9.85. The van der Waals surface area contributed by atoms with Crippen LogP contribution in [0.15, 0.2) is 4.99 Å². The number of aliphatic imine (C=N–C) groups is 1. The molecule has 0 aliphatic carbocycles. The zero-order valence-electron chi connectivity index (χ0n) is 6.66. The predicted octanol–water partition coefficient (Wildman–Crippen LogP) is 0.664. The lowest BCUT2D eigenvalue weighted by Gasteiger charge is -2.02. The smallest absolute Gasteiger partial charge is 0.307 e. The van der Waals surface area contributed by atoms with Crippen LogP contribution in [-0.4, -0.2) is 24.7 Å². The minimum absolute atomic E-state index is 0.142. The van der Waals surface area contributed by atoms with E-state index >= 15 is 0 Å². The van der Waals surface area contributed by atoms with Crippen molar-refractivity contribution in [3.05, 3.63) is 0 Å². The van der Waals surface area contributed by atoms with E-state index in [0.29, 0.717) is 6.61 Å². The minimum atomic E-state index is -0.334. The molecule has 0 saturated carbocycles. The topological polar surface area (TPSA) is 55.7 Å². The number of carbonyl (C=O) groups excluding carboxylic acids is 2. The van der Waals surface area contributed by atoms with Gasteiger partial charge < -0.3 is 4.74 Å². The molecule has 0 fully saturated rings. The largest absolute Gasteiger partial charge is 0.466 e. The Bertz CT molecular complexity index is 173. The quantitative estimate of drug-likeness (QED) is 0.342. The fourth-order valence-corrected chi connectivity index (χ4v) is 0.597. The van der Waals surface area contributed by atoms with Gasteiger partial charge in [-0.3, -0.25) is 4.79 Å². The van der Waals surface area contributed by atoms with Crippen LogP contribution in [0.25, 0.3) is 0 Å². The molecule has 0 aromatic rings. The van der Waals surface area contributed by atoms with Crippen molar-refractivity contribution in [2.45, 2.75) is 26.3 Å². The lowest BCUT2D eigenvalue weighted by Crippen LogP contribution is -2.11. The maximum Gasteiger partial charge on any atom is 0.307 e. The van der Waals surface area contributed by atoms with Crippen LogP contribution < -0.4 is 0 Å². The van der Waals surface area contributed by atoms with Crippen LogP contribution in [0.3, 0.4) is 0 Å². The van der Waals surface area contributed by atoms with Crippen molar-refractivity contribution < 1.29 is 14.3 Å². The molecular weight excluding hydrogens is 146 g/mol. The summed E-state index contributed by atoms with van der Waals surface area (Å²) in [5.41, 5.74) is 0. The maximum absolute atomic E-state index is 10.7. The first-order valence-corrected chi connectivity index (χ1v) is 3.43. The van der Waals surface area contributed by atoms with Gasteiger partial charge in [-0.15, -0.1) is 0 Å². The highest BCUT2D eigenvalue weighted by Gasteiger charge is 2.07. The molecule has 0 rings (SSSR count). The van der Waals surface area contributed by atoms with Crippen LogP contribution >= 0.6 is 0 Å². The summed E-state index contributed by atoms with van der Waals surface area (Å²) >= 11 is 0. The molecule has 0 aromatic carbocycles. The van der Waals surface area contributed by atoms with Gasteiger partial charge in [0.05, 0.1) is 19.1 Å². The lowest BCUT2D eigenvalue weighted by atomic mass is 10.2. The Labute approximate surface area is 65.3 Å². The molecule has 4 heteroatoms. The van der Waals surface area contributed by atoms with Crippen LogP contribution in [0, 0.1) is 0 Å². The molecule has 62 valence electrons.